The number of rotatable bonds is 6. The van der Waals surface area contributed by atoms with Crippen LogP contribution in [0, 0.1) is 10.1 Å². The summed E-state index contributed by atoms with van der Waals surface area (Å²) in [6, 6.07) is 18.1. The molecule has 2 atom stereocenters. The SMILES string of the molecule is CN=C(NCc1ccccc1[N+](=O)[O-])NC1CCN(Cc2ccccc2)C(C)C1.I. The molecule has 2 aromatic rings. The minimum Gasteiger partial charge on any atom is -0.354 e. The second kappa shape index (κ2) is 11.8. The number of benzene rings is 2. The molecule has 0 aliphatic carbocycles. The molecule has 1 saturated heterocycles. The van der Waals surface area contributed by atoms with Gasteiger partial charge in [0.05, 0.1) is 4.92 Å². The van der Waals surface area contributed by atoms with Gasteiger partial charge in [-0.25, -0.2) is 0 Å². The minimum atomic E-state index is -0.350. The van der Waals surface area contributed by atoms with Gasteiger partial charge in [-0.05, 0) is 25.3 Å². The number of nitrogens with one attached hydrogen (secondary N) is 2. The lowest BCUT2D eigenvalue weighted by Gasteiger charge is -2.38. The molecule has 0 spiro atoms. The van der Waals surface area contributed by atoms with Crippen LogP contribution in [0.5, 0.6) is 0 Å². The van der Waals surface area contributed by atoms with Crippen LogP contribution in [0.3, 0.4) is 0 Å². The number of nitro groups is 1. The van der Waals surface area contributed by atoms with Crippen LogP contribution in [-0.2, 0) is 13.1 Å². The lowest BCUT2D eigenvalue weighted by molar-refractivity contribution is -0.385. The number of likely N-dealkylation sites (tertiary alicyclic amines) is 1. The summed E-state index contributed by atoms with van der Waals surface area (Å²) in [5.74, 6) is 0.678. The Balaban J connectivity index is 0.00000320. The maximum atomic E-state index is 11.2. The molecule has 8 heteroatoms. The summed E-state index contributed by atoms with van der Waals surface area (Å²) in [7, 11) is 1.72. The highest BCUT2D eigenvalue weighted by Crippen LogP contribution is 2.20. The summed E-state index contributed by atoms with van der Waals surface area (Å²) in [4.78, 5) is 17.6. The summed E-state index contributed by atoms with van der Waals surface area (Å²) in [6.07, 6.45) is 2.06. The number of hydrogen-bond acceptors (Lipinski definition) is 4. The van der Waals surface area contributed by atoms with Gasteiger partial charge in [-0.1, -0.05) is 48.5 Å². The smallest absolute Gasteiger partial charge is 0.274 e. The molecule has 1 aliphatic heterocycles. The van der Waals surface area contributed by atoms with E-state index in [0.717, 1.165) is 25.9 Å². The molecule has 2 aromatic carbocycles. The van der Waals surface area contributed by atoms with E-state index in [2.05, 4.69) is 51.7 Å². The van der Waals surface area contributed by atoms with Gasteiger partial charge < -0.3 is 10.6 Å². The quantitative estimate of drug-likeness (QED) is 0.197. The van der Waals surface area contributed by atoms with Crippen molar-refractivity contribution in [3.05, 3.63) is 75.8 Å². The summed E-state index contributed by atoms with van der Waals surface area (Å²) in [5, 5.41) is 17.9. The number of para-hydroxylation sites is 1. The van der Waals surface area contributed by atoms with Crippen LogP contribution in [0.1, 0.15) is 30.9 Å². The molecule has 1 heterocycles. The zero-order valence-corrected chi connectivity index (χ0v) is 19.8. The molecule has 0 bridgehead atoms. The van der Waals surface area contributed by atoms with Crippen molar-refractivity contribution in [2.75, 3.05) is 13.6 Å². The number of piperidine rings is 1. The first-order valence-corrected chi connectivity index (χ1v) is 10.0. The van der Waals surface area contributed by atoms with Crippen molar-refractivity contribution in [2.45, 2.75) is 44.9 Å². The second-order valence-corrected chi connectivity index (χ2v) is 7.48. The molecule has 2 N–H and O–H groups in total. The van der Waals surface area contributed by atoms with E-state index < -0.39 is 0 Å². The number of aliphatic imine (C=N–C) groups is 1. The van der Waals surface area contributed by atoms with E-state index >= 15 is 0 Å². The van der Waals surface area contributed by atoms with Gasteiger partial charge in [0.1, 0.15) is 0 Å². The van der Waals surface area contributed by atoms with Crippen molar-refractivity contribution in [1.29, 1.82) is 0 Å². The summed E-state index contributed by atoms with van der Waals surface area (Å²) in [5.41, 5.74) is 2.11. The molecule has 30 heavy (non-hydrogen) atoms. The second-order valence-electron chi connectivity index (χ2n) is 7.48. The molecule has 1 fully saturated rings. The molecule has 3 rings (SSSR count). The molecule has 0 radical (unpaired) electrons. The first-order chi connectivity index (χ1) is 14.1. The van der Waals surface area contributed by atoms with Crippen molar-refractivity contribution in [3.8, 4) is 0 Å². The van der Waals surface area contributed by atoms with E-state index in [-0.39, 0.29) is 34.6 Å². The Morgan fingerprint density at radius 3 is 2.57 bits per heavy atom. The van der Waals surface area contributed by atoms with Crippen molar-refractivity contribution in [3.63, 3.8) is 0 Å². The Kier molecular flexibility index (Phi) is 9.51. The van der Waals surface area contributed by atoms with E-state index in [4.69, 9.17) is 0 Å². The molecule has 0 amide bonds. The van der Waals surface area contributed by atoms with Gasteiger partial charge in [-0.15, -0.1) is 24.0 Å². The van der Waals surface area contributed by atoms with Gasteiger partial charge in [0.2, 0.25) is 0 Å². The fourth-order valence-electron chi connectivity index (χ4n) is 3.81. The monoisotopic (exact) mass is 523 g/mol. The molecule has 162 valence electrons. The minimum absolute atomic E-state index is 0. The number of hydrogen-bond donors (Lipinski definition) is 2. The fourth-order valence-corrected chi connectivity index (χ4v) is 3.81. The van der Waals surface area contributed by atoms with Gasteiger partial charge in [0.15, 0.2) is 5.96 Å². The Labute approximate surface area is 195 Å². The average Bonchev–Trinajstić information content (AvgIpc) is 2.74. The van der Waals surface area contributed by atoms with Crippen LogP contribution >= 0.6 is 24.0 Å². The molecular weight excluding hydrogens is 493 g/mol. The summed E-state index contributed by atoms with van der Waals surface area (Å²) < 4.78 is 0. The van der Waals surface area contributed by atoms with E-state index in [9.17, 15) is 10.1 Å². The predicted molar refractivity (Wildman–Crippen MR) is 131 cm³/mol. The highest BCUT2D eigenvalue weighted by molar-refractivity contribution is 14.0. The number of halogens is 1. The molecule has 2 unspecified atom stereocenters. The van der Waals surface area contributed by atoms with E-state index in [1.807, 2.05) is 12.1 Å². The Hall–Kier alpha value is -2.20. The van der Waals surface area contributed by atoms with Crippen molar-refractivity contribution < 1.29 is 4.92 Å². The zero-order chi connectivity index (χ0) is 20.6. The first kappa shape index (κ1) is 24.1. The number of nitro benzene ring substituents is 1. The topological polar surface area (TPSA) is 82.8 Å². The van der Waals surface area contributed by atoms with Crippen molar-refractivity contribution >= 4 is 35.6 Å². The van der Waals surface area contributed by atoms with Crippen LogP contribution in [0.25, 0.3) is 0 Å². The van der Waals surface area contributed by atoms with E-state index in [1.54, 1.807) is 19.2 Å². The molecule has 1 aliphatic rings. The van der Waals surface area contributed by atoms with Gasteiger partial charge in [0, 0.05) is 50.4 Å². The molecule has 0 aromatic heterocycles. The van der Waals surface area contributed by atoms with Gasteiger partial charge in [0.25, 0.3) is 5.69 Å². The van der Waals surface area contributed by atoms with Gasteiger partial charge >= 0.3 is 0 Å². The molecule has 0 saturated carbocycles. The lowest BCUT2D eigenvalue weighted by atomic mass is 9.97. The average molecular weight is 523 g/mol. The third-order valence-corrected chi connectivity index (χ3v) is 5.44. The summed E-state index contributed by atoms with van der Waals surface area (Å²) in [6.45, 7) is 4.62. The van der Waals surface area contributed by atoms with Crippen molar-refractivity contribution in [2.24, 2.45) is 4.99 Å². The summed E-state index contributed by atoms with van der Waals surface area (Å²) >= 11 is 0. The third kappa shape index (κ3) is 6.66. The zero-order valence-electron chi connectivity index (χ0n) is 17.5. The molecule has 7 nitrogen and oxygen atoms in total. The number of guanidine groups is 1. The van der Waals surface area contributed by atoms with Crippen LogP contribution in [0.2, 0.25) is 0 Å². The Bertz CT molecular complexity index is 846. The number of nitrogens with zero attached hydrogens (tertiary/aromatic N) is 3. The van der Waals surface area contributed by atoms with E-state index in [1.165, 1.54) is 11.6 Å². The van der Waals surface area contributed by atoms with E-state index in [0.29, 0.717) is 30.2 Å². The Morgan fingerprint density at radius 2 is 1.90 bits per heavy atom. The van der Waals surface area contributed by atoms with Crippen LogP contribution in [0.4, 0.5) is 5.69 Å². The molecular formula is C22H30IN5O2. The van der Waals surface area contributed by atoms with Crippen LogP contribution < -0.4 is 10.6 Å². The largest absolute Gasteiger partial charge is 0.354 e. The maximum absolute atomic E-state index is 11.2. The Morgan fingerprint density at radius 1 is 1.20 bits per heavy atom. The lowest BCUT2D eigenvalue weighted by Crippen LogP contribution is -2.51. The standard InChI is InChI=1S/C22H29N5O2.HI/c1-17-14-20(12-13-26(17)16-18-8-4-3-5-9-18)25-22(23-2)24-15-19-10-6-7-11-21(19)27(28)29;/h3-11,17,20H,12-16H2,1-2H3,(H2,23,24,25);1H. The van der Waals surface area contributed by atoms with Crippen molar-refractivity contribution in [1.82, 2.24) is 15.5 Å². The first-order valence-electron chi connectivity index (χ1n) is 10.0. The third-order valence-electron chi connectivity index (χ3n) is 5.44. The van der Waals surface area contributed by atoms with Gasteiger partial charge in [-0.3, -0.25) is 20.0 Å². The van der Waals surface area contributed by atoms with Crippen LogP contribution in [0.15, 0.2) is 59.6 Å². The highest BCUT2D eigenvalue weighted by Gasteiger charge is 2.26. The normalized spacial score (nSPS) is 19.6. The highest BCUT2D eigenvalue weighted by atomic mass is 127. The van der Waals surface area contributed by atoms with Gasteiger partial charge in [-0.2, -0.15) is 0 Å². The fraction of sp³-hybridized carbons (Fsp3) is 0.409. The van der Waals surface area contributed by atoms with Crippen LogP contribution in [-0.4, -0.2) is 41.5 Å². The maximum Gasteiger partial charge on any atom is 0.274 e. The predicted octanol–water partition coefficient (Wildman–Crippen LogP) is 3.93.